The zero-order valence-electron chi connectivity index (χ0n) is 20.5. The normalized spacial score (nSPS) is 25.6. The minimum atomic E-state index is -0.283. The van der Waals surface area contributed by atoms with E-state index in [0.29, 0.717) is 24.9 Å². The highest BCUT2D eigenvalue weighted by atomic mass is 16.3. The Morgan fingerprint density at radius 1 is 1.17 bits per heavy atom. The summed E-state index contributed by atoms with van der Waals surface area (Å²) in [5.41, 5.74) is 3.44. The molecule has 2 aromatic carbocycles. The molecule has 2 fully saturated rings. The van der Waals surface area contributed by atoms with Gasteiger partial charge in [-0.05, 0) is 48.6 Å². The van der Waals surface area contributed by atoms with Gasteiger partial charge >= 0.3 is 0 Å². The van der Waals surface area contributed by atoms with Crippen LogP contribution in [-0.2, 0) is 11.3 Å². The number of aromatic nitrogens is 3. The quantitative estimate of drug-likeness (QED) is 0.507. The van der Waals surface area contributed by atoms with Crippen molar-refractivity contribution in [2.45, 2.75) is 51.3 Å². The number of aliphatic hydroxyl groups is 1. The van der Waals surface area contributed by atoms with Gasteiger partial charge in [0.1, 0.15) is 5.69 Å². The molecule has 0 spiro atoms. The minimum Gasteiger partial charge on any atom is -0.393 e. The lowest BCUT2D eigenvalue weighted by molar-refractivity contribution is -0.116. The molecule has 1 aliphatic heterocycles. The van der Waals surface area contributed by atoms with Gasteiger partial charge in [0.2, 0.25) is 5.91 Å². The van der Waals surface area contributed by atoms with Crippen LogP contribution < -0.4 is 5.32 Å². The summed E-state index contributed by atoms with van der Waals surface area (Å²) >= 11 is 0. The number of nitrogens with one attached hydrogen (secondary N) is 1. The molecule has 5 rings (SSSR count). The zero-order chi connectivity index (χ0) is 25.1. The van der Waals surface area contributed by atoms with Gasteiger partial charge in [-0.2, -0.15) is 5.26 Å². The second kappa shape index (κ2) is 10.5. The summed E-state index contributed by atoms with van der Waals surface area (Å²) < 4.78 is 1.68. The summed E-state index contributed by atoms with van der Waals surface area (Å²) in [5.74, 6) is 0.873. The van der Waals surface area contributed by atoms with Gasteiger partial charge in [-0.15, -0.1) is 5.10 Å². The predicted octanol–water partition coefficient (Wildman–Crippen LogP) is 4.22. The average molecular weight is 485 g/mol. The van der Waals surface area contributed by atoms with E-state index < -0.39 is 0 Å². The number of aliphatic hydroxyl groups excluding tert-OH is 1. The van der Waals surface area contributed by atoms with E-state index in [-0.39, 0.29) is 30.4 Å². The molecule has 1 aromatic heterocycles. The first-order chi connectivity index (χ1) is 17.5. The van der Waals surface area contributed by atoms with E-state index in [4.69, 9.17) is 0 Å². The number of anilines is 1. The number of piperidine rings is 1. The SMILES string of the molecule is C[C@@H]1[C@H]2C[C@@H](c3ccccc3NC(=O)CCn3cc(-c4ccccc4)nn3)N(C#N)C[C@@H]2CC[C@@H]1O. The fourth-order valence-corrected chi connectivity index (χ4v) is 5.86. The Morgan fingerprint density at radius 2 is 1.94 bits per heavy atom. The molecule has 2 aliphatic rings. The monoisotopic (exact) mass is 484 g/mol. The number of carbonyl (C=O) groups is 1. The minimum absolute atomic E-state index is 0.113. The third-order valence-electron chi connectivity index (χ3n) is 7.92. The molecule has 1 amide bonds. The third kappa shape index (κ3) is 4.98. The maximum atomic E-state index is 12.9. The van der Waals surface area contributed by atoms with Crippen molar-refractivity contribution in [3.8, 4) is 17.5 Å². The molecule has 1 saturated heterocycles. The zero-order valence-corrected chi connectivity index (χ0v) is 20.5. The second-order valence-corrected chi connectivity index (χ2v) is 10.0. The number of rotatable bonds is 6. The number of carbonyl (C=O) groups excluding carboxylic acids is 1. The molecular formula is C28H32N6O2. The van der Waals surface area contributed by atoms with Crippen molar-refractivity contribution in [1.29, 1.82) is 5.26 Å². The van der Waals surface area contributed by atoms with Crippen molar-refractivity contribution in [3.63, 3.8) is 0 Å². The summed E-state index contributed by atoms with van der Waals surface area (Å²) in [5, 5.41) is 31.8. The number of aryl methyl sites for hydroxylation is 1. The number of nitriles is 1. The van der Waals surface area contributed by atoms with Gasteiger partial charge in [-0.1, -0.05) is 60.7 Å². The van der Waals surface area contributed by atoms with Crippen LogP contribution in [0.2, 0.25) is 0 Å². The van der Waals surface area contributed by atoms with Crippen LogP contribution in [0.25, 0.3) is 11.3 Å². The number of hydrogen-bond donors (Lipinski definition) is 2. The number of hydrogen-bond acceptors (Lipinski definition) is 6. The molecular weight excluding hydrogens is 452 g/mol. The smallest absolute Gasteiger partial charge is 0.226 e. The van der Waals surface area contributed by atoms with Crippen molar-refractivity contribution < 1.29 is 9.90 Å². The molecule has 0 radical (unpaired) electrons. The van der Waals surface area contributed by atoms with Crippen LogP contribution in [0, 0.1) is 29.2 Å². The lowest BCUT2D eigenvalue weighted by Gasteiger charge is -2.48. The Morgan fingerprint density at radius 3 is 2.75 bits per heavy atom. The molecule has 0 unspecified atom stereocenters. The van der Waals surface area contributed by atoms with Gasteiger partial charge in [-0.25, -0.2) is 0 Å². The van der Waals surface area contributed by atoms with Crippen LogP contribution in [0.3, 0.4) is 0 Å². The Labute approximate surface area is 211 Å². The molecule has 8 nitrogen and oxygen atoms in total. The largest absolute Gasteiger partial charge is 0.393 e. The van der Waals surface area contributed by atoms with Gasteiger partial charge in [0.25, 0.3) is 0 Å². The van der Waals surface area contributed by atoms with E-state index in [1.54, 1.807) is 4.68 Å². The van der Waals surface area contributed by atoms with E-state index in [1.807, 2.05) is 65.7 Å². The van der Waals surface area contributed by atoms with Gasteiger partial charge in [0.05, 0.1) is 24.9 Å². The standard InChI is InChI=1S/C28H32N6O2/c1-19-23-15-26(33(18-29)16-21(23)11-12-27(19)35)22-9-5-6-10-24(22)30-28(36)13-14-34-17-25(31-32-34)20-7-3-2-4-8-20/h2-10,17,19,21,23,26-27,35H,11-16H2,1H3,(H,30,36)/t19-,21+,23-,26+,27+/m1/s1. The summed E-state index contributed by atoms with van der Waals surface area (Å²) in [6, 6.07) is 17.4. The maximum absolute atomic E-state index is 12.9. The maximum Gasteiger partial charge on any atom is 0.226 e. The summed E-state index contributed by atoms with van der Waals surface area (Å²) in [4.78, 5) is 14.7. The van der Waals surface area contributed by atoms with Crippen molar-refractivity contribution >= 4 is 11.6 Å². The Bertz CT molecular complexity index is 1240. The summed E-state index contributed by atoms with van der Waals surface area (Å²) in [6.45, 7) is 3.24. The number of para-hydroxylation sites is 1. The fourth-order valence-electron chi connectivity index (χ4n) is 5.86. The molecule has 3 aromatic rings. The Balaban J connectivity index is 1.26. The Kier molecular flexibility index (Phi) is 7.01. The van der Waals surface area contributed by atoms with Crippen molar-refractivity contribution in [1.82, 2.24) is 19.9 Å². The molecule has 1 saturated carbocycles. The molecule has 0 bridgehead atoms. The van der Waals surface area contributed by atoms with Crippen LogP contribution in [0.5, 0.6) is 0 Å². The van der Waals surface area contributed by atoms with E-state index in [0.717, 1.165) is 41.8 Å². The lowest BCUT2D eigenvalue weighted by atomic mass is 9.66. The van der Waals surface area contributed by atoms with E-state index >= 15 is 0 Å². The molecule has 186 valence electrons. The molecule has 8 heteroatoms. The van der Waals surface area contributed by atoms with Crippen LogP contribution in [0.15, 0.2) is 60.8 Å². The van der Waals surface area contributed by atoms with E-state index in [2.05, 4.69) is 28.7 Å². The van der Waals surface area contributed by atoms with Gasteiger partial charge < -0.3 is 15.3 Å². The number of amides is 1. The predicted molar refractivity (Wildman–Crippen MR) is 136 cm³/mol. The van der Waals surface area contributed by atoms with Gasteiger partial charge in [0, 0.05) is 24.2 Å². The molecule has 5 atom stereocenters. The van der Waals surface area contributed by atoms with E-state index in [9.17, 15) is 15.2 Å². The number of benzene rings is 2. The number of likely N-dealkylation sites (tertiary alicyclic amines) is 1. The third-order valence-corrected chi connectivity index (χ3v) is 7.92. The number of fused-ring (bicyclic) bond motifs is 1. The van der Waals surface area contributed by atoms with Crippen LogP contribution in [-0.4, -0.2) is 43.6 Å². The fraction of sp³-hybridized carbons (Fsp3) is 0.429. The van der Waals surface area contributed by atoms with Crippen molar-refractivity contribution in [3.05, 3.63) is 66.4 Å². The van der Waals surface area contributed by atoms with Crippen molar-refractivity contribution in [2.75, 3.05) is 11.9 Å². The molecule has 36 heavy (non-hydrogen) atoms. The van der Waals surface area contributed by atoms with Crippen LogP contribution in [0.4, 0.5) is 5.69 Å². The lowest BCUT2D eigenvalue weighted by Crippen LogP contribution is -2.47. The first-order valence-corrected chi connectivity index (χ1v) is 12.7. The van der Waals surface area contributed by atoms with Gasteiger partial charge in [0.15, 0.2) is 6.19 Å². The average Bonchev–Trinajstić information content (AvgIpc) is 3.39. The highest BCUT2D eigenvalue weighted by Crippen LogP contribution is 2.47. The first-order valence-electron chi connectivity index (χ1n) is 12.7. The summed E-state index contributed by atoms with van der Waals surface area (Å²) in [7, 11) is 0. The van der Waals surface area contributed by atoms with Crippen LogP contribution in [0.1, 0.15) is 44.2 Å². The number of nitrogens with zero attached hydrogens (tertiary/aromatic N) is 5. The van der Waals surface area contributed by atoms with E-state index in [1.165, 1.54) is 0 Å². The van der Waals surface area contributed by atoms with Crippen LogP contribution >= 0.6 is 0 Å². The second-order valence-electron chi connectivity index (χ2n) is 10.0. The summed E-state index contributed by atoms with van der Waals surface area (Å²) in [6.07, 6.45) is 6.77. The molecule has 2 N–H and O–H groups in total. The highest BCUT2D eigenvalue weighted by Gasteiger charge is 2.43. The highest BCUT2D eigenvalue weighted by molar-refractivity contribution is 5.91. The molecule has 1 aliphatic carbocycles. The molecule has 2 heterocycles. The van der Waals surface area contributed by atoms with Crippen molar-refractivity contribution in [2.24, 2.45) is 17.8 Å². The Hall–Kier alpha value is -3.70. The topological polar surface area (TPSA) is 107 Å². The first kappa shape index (κ1) is 24.0. The van der Waals surface area contributed by atoms with Gasteiger partial charge in [-0.3, -0.25) is 9.48 Å².